The molecule has 0 spiro atoms. The van der Waals surface area contributed by atoms with E-state index in [1.54, 1.807) is 7.05 Å². The molecule has 0 saturated carbocycles. The number of amides is 1. The van der Waals surface area contributed by atoms with Crippen molar-refractivity contribution in [2.75, 3.05) is 24.2 Å². The number of rotatable bonds is 4. The van der Waals surface area contributed by atoms with Gasteiger partial charge in [-0.05, 0) is 22.4 Å². The Kier molecular flexibility index (Phi) is 3.78. The Morgan fingerprint density at radius 1 is 1.53 bits per heavy atom. The van der Waals surface area contributed by atoms with E-state index in [0.717, 1.165) is 22.5 Å². The predicted molar refractivity (Wildman–Crippen MR) is 68.9 cm³/mol. The van der Waals surface area contributed by atoms with E-state index >= 15 is 0 Å². The summed E-state index contributed by atoms with van der Waals surface area (Å²) in [5.74, 6) is 1.58. The minimum Gasteiger partial charge on any atom is -0.372 e. The van der Waals surface area contributed by atoms with Crippen LogP contribution in [-0.2, 0) is 4.79 Å². The molecule has 1 aromatic heterocycles. The van der Waals surface area contributed by atoms with Gasteiger partial charge in [-0.1, -0.05) is 0 Å². The molecule has 7 heteroatoms. The van der Waals surface area contributed by atoms with Crippen molar-refractivity contribution in [2.24, 2.45) is 0 Å². The first-order valence-electron chi connectivity index (χ1n) is 5.42. The molecule has 92 valence electrons. The van der Waals surface area contributed by atoms with E-state index in [-0.39, 0.29) is 11.9 Å². The van der Waals surface area contributed by atoms with Crippen molar-refractivity contribution in [3.63, 3.8) is 0 Å². The van der Waals surface area contributed by atoms with Gasteiger partial charge in [0.25, 0.3) is 0 Å². The van der Waals surface area contributed by atoms with Gasteiger partial charge in [0.15, 0.2) is 0 Å². The SMILES string of the molecule is CNc1ncnc(NCC2CCC(=O)N2)c1Br. The lowest BCUT2D eigenvalue weighted by Crippen LogP contribution is -2.32. The van der Waals surface area contributed by atoms with Crippen molar-refractivity contribution in [1.82, 2.24) is 15.3 Å². The molecule has 1 fully saturated rings. The molecular formula is C10H14BrN5O. The van der Waals surface area contributed by atoms with Crippen molar-refractivity contribution in [1.29, 1.82) is 0 Å². The predicted octanol–water partition coefficient (Wildman–Crippen LogP) is 0.971. The van der Waals surface area contributed by atoms with Crippen LogP contribution in [0.4, 0.5) is 11.6 Å². The molecular weight excluding hydrogens is 286 g/mol. The Hall–Kier alpha value is -1.37. The Morgan fingerprint density at radius 2 is 2.29 bits per heavy atom. The van der Waals surface area contributed by atoms with Gasteiger partial charge in [-0.2, -0.15) is 0 Å². The number of nitrogens with zero attached hydrogens (tertiary/aromatic N) is 2. The number of nitrogens with one attached hydrogen (secondary N) is 3. The summed E-state index contributed by atoms with van der Waals surface area (Å²) in [7, 11) is 1.80. The number of aromatic nitrogens is 2. The number of carbonyl (C=O) groups excluding carboxylic acids is 1. The van der Waals surface area contributed by atoms with Crippen LogP contribution >= 0.6 is 15.9 Å². The summed E-state index contributed by atoms with van der Waals surface area (Å²) in [6, 6.07) is 0.183. The average molecular weight is 300 g/mol. The fourth-order valence-electron chi connectivity index (χ4n) is 1.72. The van der Waals surface area contributed by atoms with Crippen LogP contribution in [0.5, 0.6) is 0 Å². The van der Waals surface area contributed by atoms with Crippen molar-refractivity contribution in [3.05, 3.63) is 10.8 Å². The number of halogens is 1. The highest BCUT2D eigenvalue weighted by atomic mass is 79.9. The molecule has 3 N–H and O–H groups in total. The zero-order valence-corrected chi connectivity index (χ0v) is 11.0. The first kappa shape index (κ1) is 12.1. The minimum absolute atomic E-state index is 0.120. The van der Waals surface area contributed by atoms with Crippen LogP contribution in [0.1, 0.15) is 12.8 Å². The molecule has 1 unspecified atom stereocenters. The summed E-state index contributed by atoms with van der Waals surface area (Å²) < 4.78 is 0.798. The molecule has 0 aromatic carbocycles. The summed E-state index contributed by atoms with van der Waals surface area (Å²) in [5.41, 5.74) is 0. The lowest BCUT2D eigenvalue weighted by atomic mass is 10.2. The lowest BCUT2D eigenvalue weighted by Gasteiger charge is -2.13. The van der Waals surface area contributed by atoms with Gasteiger partial charge in [-0.3, -0.25) is 4.79 Å². The summed E-state index contributed by atoms with van der Waals surface area (Å²) in [5, 5.41) is 9.06. The topological polar surface area (TPSA) is 78.9 Å². The van der Waals surface area contributed by atoms with Gasteiger partial charge in [0.05, 0.1) is 0 Å². The minimum atomic E-state index is 0.120. The summed E-state index contributed by atoms with van der Waals surface area (Å²) in [4.78, 5) is 19.3. The molecule has 1 amide bonds. The van der Waals surface area contributed by atoms with Crippen LogP contribution in [0.3, 0.4) is 0 Å². The molecule has 2 rings (SSSR count). The zero-order chi connectivity index (χ0) is 12.3. The maximum Gasteiger partial charge on any atom is 0.220 e. The standard InChI is InChI=1S/C10H14BrN5O/c1-12-9-8(11)10(15-5-14-9)13-4-6-2-3-7(17)16-6/h5-6H,2-4H2,1H3,(H,16,17)(H2,12,13,14,15). The van der Waals surface area contributed by atoms with E-state index in [0.29, 0.717) is 13.0 Å². The first-order valence-corrected chi connectivity index (χ1v) is 6.21. The van der Waals surface area contributed by atoms with E-state index in [4.69, 9.17) is 0 Å². The van der Waals surface area contributed by atoms with Crippen molar-refractivity contribution >= 4 is 33.5 Å². The lowest BCUT2D eigenvalue weighted by molar-refractivity contribution is -0.119. The van der Waals surface area contributed by atoms with E-state index in [9.17, 15) is 4.79 Å². The normalized spacial score (nSPS) is 18.9. The van der Waals surface area contributed by atoms with Crippen molar-refractivity contribution in [3.8, 4) is 0 Å². The highest BCUT2D eigenvalue weighted by molar-refractivity contribution is 9.10. The van der Waals surface area contributed by atoms with Gasteiger partial charge in [0, 0.05) is 26.1 Å². The van der Waals surface area contributed by atoms with Gasteiger partial charge in [0.1, 0.15) is 22.4 Å². The van der Waals surface area contributed by atoms with Crippen molar-refractivity contribution in [2.45, 2.75) is 18.9 Å². The molecule has 0 radical (unpaired) electrons. The Bertz CT molecular complexity index is 425. The summed E-state index contributed by atoms with van der Waals surface area (Å²) >= 11 is 3.43. The van der Waals surface area contributed by atoms with Crippen LogP contribution in [0.25, 0.3) is 0 Å². The highest BCUT2D eigenvalue weighted by Gasteiger charge is 2.20. The first-order chi connectivity index (χ1) is 8.20. The Balaban J connectivity index is 1.97. The van der Waals surface area contributed by atoms with Gasteiger partial charge < -0.3 is 16.0 Å². The molecule has 1 saturated heterocycles. The molecule has 17 heavy (non-hydrogen) atoms. The third kappa shape index (κ3) is 2.85. The van der Waals surface area contributed by atoms with Gasteiger partial charge in [-0.15, -0.1) is 0 Å². The second kappa shape index (κ2) is 5.31. The van der Waals surface area contributed by atoms with E-state index in [1.807, 2.05) is 0 Å². The third-order valence-corrected chi connectivity index (χ3v) is 3.38. The molecule has 1 aliphatic heterocycles. The van der Waals surface area contributed by atoms with Crippen LogP contribution < -0.4 is 16.0 Å². The number of hydrogen-bond donors (Lipinski definition) is 3. The zero-order valence-electron chi connectivity index (χ0n) is 9.46. The maximum atomic E-state index is 11.0. The molecule has 0 bridgehead atoms. The Labute approximate surface area is 108 Å². The van der Waals surface area contributed by atoms with E-state index in [1.165, 1.54) is 6.33 Å². The quantitative estimate of drug-likeness (QED) is 0.772. The van der Waals surface area contributed by atoms with Gasteiger partial charge in [0.2, 0.25) is 5.91 Å². The summed E-state index contributed by atoms with van der Waals surface area (Å²) in [6.07, 6.45) is 2.97. The number of carbonyl (C=O) groups is 1. The van der Waals surface area contributed by atoms with Crippen molar-refractivity contribution < 1.29 is 4.79 Å². The molecule has 6 nitrogen and oxygen atoms in total. The van der Waals surface area contributed by atoms with Crippen LogP contribution in [0.15, 0.2) is 10.8 Å². The van der Waals surface area contributed by atoms with E-state index in [2.05, 4.69) is 41.8 Å². The Morgan fingerprint density at radius 3 is 2.94 bits per heavy atom. The smallest absolute Gasteiger partial charge is 0.220 e. The van der Waals surface area contributed by atoms with Crippen LogP contribution in [0, 0.1) is 0 Å². The van der Waals surface area contributed by atoms with Crippen LogP contribution in [0.2, 0.25) is 0 Å². The fourth-order valence-corrected chi connectivity index (χ4v) is 2.26. The van der Waals surface area contributed by atoms with Crippen LogP contribution in [-0.4, -0.2) is 35.5 Å². The monoisotopic (exact) mass is 299 g/mol. The number of hydrogen-bond acceptors (Lipinski definition) is 5. The second-order valence-corrected chi connectivity index (χ2v) is 4.61. The van der Waals surface area contributed by atoms with E-state index < -0.39 is 0 Å². The molecule has 2 heterocycles. The van der Waals surface area contributed by atoms with Gasteiger partial charge in [-0.25, -0.2) is 9.97 Å². The highest BCUT2D eigenvalue weighted by Crippen LogP contribution is 2.26. The average Bonchev–Trinajstić information content (AvgIpc) is 2.74. The third-order valence-electron chi connectivity index (χ3n) is 2.63. The number of anilines is 2. The largest absolute Gasteiger partial charge is 0.372 e. The molecule has 1 atom stereocenters. The second-order valence-electron chi connectivity index (χ2n) is 3.82. The summed E-state index contributed by atoms with van der Waals surface area (Å²) in [6.45, 7) is 0.671. The van der Waals surface area contributed by atoms with Gasteiger partial charge >= 0.3 is 0 Å². The molecule has 0 aliphatic carbocycles. The molecule has 1 aliphatic rings. The molecule has 1 aromatic rings. The fraction of sp³-hybridized carbons (Fsp3) is 0.500. The maximum absolute atomic E-state index is 11.0.